The second kappa shape index (κ2) is 6.41. The van der Waals surface area contributed by atoms with Crippen molar-refractivity contribution in [3.05, 3.63) is 0 Å². The Kier molecular flexibility index (Phi) is 5.35. The van der Waals surface area contributed by atoms with E-state index in [4.69, 9.17) is 19.3 Å². The largest absolute Gasteiger partial charge is 0.481 e. The maximum atomic E-state index is 12.0. The van der Waals surface area contributed by atoms with Crippen molar-refractivity contribution in [3.63, 3.8) is 0 Å². The first kappa shape index (κ1) is 16.7. The molecule has 0 saturated carbocycles. The zero-order valence-corrected chi connectivity index (χ0v) is 12.4. The van der Waals surface area contributed by atoms with Crippen LogP contribution in [0.2, 0.25) is 0 Å². The van der Waals surface area contributed by atoms with Gasteiger partial charge in [0.1, 0.15) is 11.7 Å². The molecule has 0 bridgehead atoms. The highest BCUT2D eigenvalue weighted by molar-refractivity contribution is 5.73. The van der Waals surface area contributed by atoms with Crippen LogP contribution in [0.4, 0.5) is 4.79 Å². The topological polar surface area (TPSA) is 94.1 Å². The minimum Gasteiger partial charge on any atom is -0.481 e. The Balaban J connectivity index is 2.87. The second-order valence-electron chi connectivity index (χ2n) is 5.90. The molecular weight excluding hydrogens is 266 g/mol. The van der Waals surface area contributed by atoms with Crippen molar-refractivity contribution < 1.29 is 28.9 Å². The Morgan fingerprint density at radius 1 is 1.45 bits per heavy atom. The smallest absolute Gasteiger partial charge is 0.408 e. The number of carboxylic acids is 1. The van der Waals surface area contributed by atoms with Gasteiger partial charge >= 0.3 is 12.1 Å². The van der Waals surface area contributed by atoms with Crippen LogP contribution < -0.4 is 5.32 Å². The number of nitrogens with one attached hydrogen (secondary N) is 1. The van der Waals surface area contributed by atoms with E-state index in [1.54, 1.807) is 20.8 Å². The summed E-state index contributed by atoms with van der Waals surface area (Å²) in [5.41, 5.74) is -1.66. The minimum absolute atomic E-state index is 0.236. The standard InChI is InChI=1S/C13H23NO6/c1-12(2,3)20-11(17)14-13(7-10(15)16)5-6-19-8-9(13)18-4/h9H,5-8H2,1-4H3,(H,14,17)(H,15,16). The number of methoxy groups -OCH3 is 1. The third-order valence-electron chi connectivity index (χ3n) is 3.08. The SMILES string of the molecule is COC1COCCC1(CC(=O)O)NC(=O)OC(C)(C)C. The minimum atomic E-state index is -1.01. The highest BCUT2D eigenvalue weighted by Gasteiger charge is 2.45. The molecule has 2 atom stereocenters. The zero-order chi connectivity index (χ0) is 15.4. The summed E-state index contributed by atoms with van der Waals surface area (Å²) in [4.78, 5) is 23.1. The van der Waals surface area contributed by atoms with Gasteiger partial charge in [-0.1, -0.05) is 0 Å². The van der Waals surface area contributed by atoms with E-state index in [1.807, 2.05) is 0 Å². The van der Waals surface area contributed by atoms with Crippen molar-refractivity contribution in [3.8, 4) is 0 Å². The molecular formula is C13H23NO6. The molecule has 1 heterocycles. The summed E-state index contributed by atoms with van der Waals surface area (Å²) in [6.07, 6.45) is -1.06. The highest BCUT2D eigenvalue weighted by Crippen LogP contribution is 2.27. The number of carbonyl (C=O) groups is 2. The molecule has 1 fully saturated rings. The van der Waals surface area contributed by atoms with Gasteiger partial charge in [-0.15, -0.1) is 0 Å². The molecule has 20 heavy (non-hydrogen) atoms. The van der Waals surface area contributed by atoms with Gasteiger partial charge in [0, 0.05) is 13.7 Å². The Morgan fingerprint density at radius 3 is 2.60 bits per heavy atom. The molecule has 1 amide bonds. The lowest BCUT2D eigenvalue weighted by atomic mass is 9.84. The van der Waals surface area contributed by atoms with Crippen LogP contribution in [0.15, 0.2) is 0 Å². The number of carboxylic acid groups (broad SMARTS) is 1. The van der Waals surface area contributed by atoms with Gasteiger partial charge in [0.2, 0.25) is 0 Å². The van der Waals surface area contributed by atoms with Crippen LogP contribution in [0.5, 0.6) is 0 Å². The van der Waals surface area contributed by atoms with Crippen LogP contribution >= 0.6 is 0 Å². The molecule has 0 aromatic carbocycles. The van der Waals surface area contributed by atoms with Crippen LogP contribution in [0.25, 0.3) is 0 Å². The van der Waals surface area contributed by atoms with E-state index in [0.717, 1.165) is 0 Å². The van der Waals surface area contributed by atoms with Gasteiger partial charge in [-0.25, -0.2) is 4.79 Å². The summed E-state index contributed by atoms with van der Waals surface area (Å²) >= 11 is 0. The Hall–Kier alpha value is -1.34. The zero-order valence-electron chi connectivity index (χ0n) is 12.4. The van der Waals surface area contributed by atoms with Gasteiger partial charge in [0.05, 0.1) is 18.6 Å². The molecule has 0 aromatic heterocycles. The van der Waals surface area contributed by atoms with Gasteiger partial charge in [-0.05, 0) is 27.2 Å². The first-order valence-corrected chi connectivity index (χ1v) is 6.52. The lowest BCUT2D eigenvalue weighted by molar-refractivity contribution is -0.145. The molecule has 1 rings (SSSR count). The van der Waals surface area contributed by atoms with Gasteiger partial charge in [0.25, 0.3) is 0 Å². The number of amides is 1. The number of aliphatic carboxylic acids is 1. The molecule has 0 spiro atoms. The average molecular weight is 289 g/mol. The van der Waals surface area contributed by atoms with E-state index in [-0.39, 0.29) is 13.0 Å². The van der Waals surface area contributed by atoms with Gasteiger partial charge in [0.15, 0.2) is 0 Å². The monoisotopic (exact) mass is 289 g/mol. The summed E-state index contributed by atoms with van der Waals surface area (Å²) in [6.45, 7) is 5.83. The summed E-state index contributed by atoms with van der Waals surface area (Å²) in [7, 11) is 1.46. The third kappa shape index (κ3) is 4.64. The molecule has 0 aliphatic carbocycles. The fourth-order valence-corrected chi connectivity index (χ4v) is 2.22. The Labute approximate surface area is 118 Å². The second-order valence-corrected chi connectivity index (χ2v) is 5.90. The molecule has 0 aromatic rings. The van der Waals surface area contributed by atoms with Crippen LogP contribution in [0.1, 0.15) is 33.6 Å². The third-order valence-corrected chi connectivity index (χ3v) is 3.08. The predicted octanol–water partition coefficient (Wildman–Crippen LogP) is 1.16. The average Bonchev–Trinajstić information content (AvgIpc) is 2.25. The van der Waals surface area contributed by atoms with Crippen molar-refractivity contribution >= 4 is 12.1 Å². The fourth-order valence-electron chi connectivity index (χ4n) is 2.22. The fraction of sp³-hybridized carbons (Fsp3) is 0.846. The van der Waals surface area contributed by atoms with E-state index >= 15 is 0 Å². The molecule has 1 aliphatic rings. The molecule has 7 heteroatoms. The van der Waals surface area contributed by atoms with E-state index in [1.165, 1.54) is 7.11 Å². The highest BCUT2D eigenvalue weighted by atomic mass is 16.6. The normalized spacial score (nSPS) is 26.9. The Morgan fingerprint density at radius 2 is 2.10 bits per heavy atom. The Bertz CT molecular complexity index is 364. The number of rotatable bonds is 4. The first-order chi connectivity index (χ1) is 9.18. The number of hydrogen-bond acceptors (Lipinski definition) is 5. The predicted molar refractivity (Wildman–Crippen MR) is 70.6 cm³/mol. The van der Waals surface area contributed by atoms with E-state index in [9.17, 15) is 9.59 Å². The van der Waals surface area contributed by atoms with E-state index in [0.29, 0.717) is 13.0 Å². The van der Waals surface area contributed by atoms with Crippen molar-refractivity contribution in [1.29, 1.82) is 0 Å². The summed E-state index contributed by atoms with van der Waals surface area (Å²) in [6, 6.07) is 0. The van der Waals surface area contributed by atoms with Crippen LogP contribution in [-0.4, -0.2) is 54.7 Å². The summed E-state index contributed by atoms with van der Waals surface area (Å²) in [5, 5.41) is 11.8. The number of carbonyl (C=O) groups excluding carboxylic acids is 1. The maximum absolute atomic E-state index is 12.0. The molecule has 2 unspecified atom stereocenters. The number of alkyl carbamates (subject to hydrolysis) is 1. The van der Waals surface area contributed by atoms with E-state index in [2.05, 4.69) is 5.32 Å². The summed E-state index contributed by atoms with van der Waals surface area (Å²) < 4.78 is 15.8. The lowest BCUT2D eigenvalue weighted by Crippen LogP contribution is -2.63. The lowest BCUT2D eigenvalue weighted by Gasteiger charge is -2.42. The van der Waals surface area contributed by atoms with Crippen LogP contribution in [-0.2, 0) is 19.0 Å². The van der Waals surface area contributed by atoms with Crippen molar-refractivity contribution in [2.45, 2.75) is 50.9 Å². The van der Waals surface area contributed by atoms with Gasteiger partial charge in [-0.2, -0.15) is 0 Å². The maximum Gasteiger partial charge on any atom is 0.408 e. The van der Waals surface area contributed by atoms with Gasteiger partial charge < -0.3 is 24.6 Å². The van der Waals surface area contributed by atoms with Crippen molar-refractivity contribution in [2.24, 2.45) is 0 Å². The number of ether oxygens (including phenoxy) is 3. The molecule has 7 nitrogen and oxygen atoms in total. The van der Waals surface area contributed by atoms with E-state index < -0.39 is 29.3 Å². The van der Waals surface area contributed by atoms with Crippen molar-refractivity contribution in [1.82, 2.24) is 5.32 Å². The van der Waals surface area contributed by atoms with Crippen LogP contribution in [0, 0.1) is 0 Å². The molecule has 0 radical (unpaired) electrons. The van der Waals surface area contributed by atoms with Gasteiger partial charge in [-0.3, -0.25) is 4.79 Å². The molecule has 1 aliphatic heterocycles. The van der Waals surface area contributed by atoms with Crippen LogP contribution in [0.3, 0.4) is 0 Å². The molecule has 2 N–H and O–H groups in total. The first-order valence-electron chi connectivity index (χ1n) is 6.52. The summed E-state index contributed by atoms with van der Waals surface area (Å²) in [5.74, 6) is -1.01. The molecule has 1 saturated heterocycles. The number of hydrogen-bond donors (Lipinski definition) is 2. The van der Waals surface area contributed by atoms with Crippen molar-refractivity contribution in [2.75, 3.05) is 20.3 Å². The quantitative estimate of drug-likeness (QED) is 0.806. The molecule has 116 valence electrons.